The monoisotopic (exact) mass is 822 g/mol. The topological polar surface area (TPSA) is 69.9 Å². The van der Waals surface area contributed by atoms with Crippen molar-refractivity contribution in [2.45, 2.75) is 44.4 Å². The maximum atomic E-state index is 14.1. The molecule has 0 spiro atoms. The first-order valence-corrected chi connectivity index (χ1v) is 17.4. The number of thioether (sulfide) groups is 1. The van der Waals surface area contributed by atoms with Crippen LogP contribution in [-0.2, 0) is 16.1 Å². The van der Waals surface area contributed by atoms with E-state index in [0.717, 1.165) is 28.7 Å². The van der Waals surface area contributed by atoms with Crippen LogP contribution >= 0.6 is 68.3 Å². The molecule has 2 heterocycles. The summed E-state index contributed by atoms with van der Waals surface area (Å²) in [5, 5.41) is 0. The van der Waals surface area contributed by atoms with Crippen LogP contribution in [0.5, 0.6) is 5.75 Å². The fourth-order valence-corrected chi connectivity index (χ4v) is 8.16. The number of esters is 1. The van der Waals surface area contributed by atoms with Crippen molar-refractivity contribution >= 4 is 80.3 Å². The van der Waals surface area contributed by atoms with Crippen LogP contribution in [0.4, 0.5) is 0 Å². The maximum absolute atomic E-state index is 14.1. The van der Waals surface area contributed by atoms with Crippen LogP contribution < -0.4 is 19.6 Å². The first kappa shape index (κ1) is 31.0. The molecule has 5 rings (SSSR count). The van der Waals surface area contributed by atoms with Gasteiger partial charge in [0.15, 0.2) is 4.80 Å². The van der Waals surface area contributed by atoms with Crippen LogP contribution in [0.2, 0.25) is 0 Å². The number of aromatic nitrogens is 1. The Bertz CT molecular complexity index is 1850. The third-order valence-corrected chi connectivity index (χ3v) is 9.72. The highest BCUT2D eigenvalue weighted by Crippen LogP contribution is 2.33. The van der Waals surface area contributed by atoms with Crippen LogP contribution in [0.3, 0.4) is 0 Å². The van der Waals surface area contributed by atoms with Gasteiger partial charge in [-0.2, -0.15) is 0 Å². The summed E-state index contributed by atoms with van der Waals surface area (Å²) in [5.41, 5.74) is 3.38. The minimum Gasteiger partial charge on any atom is -0.487 e. The molecule has 1 aliphatic rings. The molecule has 1 aromatic heterocycles. The zero-order chi connectivity index (χ0) is 30.0. The Hall–Kier alpha value is -2.42. The third-order valence-electron chi connectivity index (χ3n) is 6.57. The predicted molar refractivity (Wildman–Crippen MR) is 186 cm³/mol. The van der Waals surface area contributed by atoms with Crippen LogP contribution in [0.25, 0.3) is 6.08 Å². The summed E-state index contributed by atoms with van der Waals surface area (Å²) in [5.74, 6) is 0.246. The summed E-state index contributed by atoms with van der Waals surface area (Å²) in [6.07, 6.45) is 3.57. The van der Waals surface area contributed by atoms with Crippen LogP contribution in [0.1, 0.15) is 43.5 Å². The molecule has 1 aliphatic heterocycles. The molecule has 0 radical (unpaired) electrons. The number of thiazole rings is 1. The second-order valence-corrected chi connectivity index (χ2v) is 14.2. The van der Waals surface area contributed by atoms with Gasteiger partial charge in [0.2, 0.25) is 0 Å². The SMILES string of the molecule is CSc1ccc([C@@H]2C(C(=O)OC(C)C)=C(C)N=c3s/c(=C\c4cc(I)cc(I)c4OCc4ccccc4)c(=O)n32)cc1. The quantitative estimate of drug-likeness (QED) is 0.113. The van der Waals surface area contributed by atoms with E-state index in [-0.39, 0.29) is 11.7 Å². The molecule has 3 aromatic carbocycles. The van der Waals surface area contributed by atoms with Crippen molar-refractivity contribution in [2.75, 3.05) is 6.26 Å². The average Bonchev–Trinajstić information content (AvgIpc) is 3.25. The predicted octanol–water partition coefficient (Wildman–Crippen LogP) is 6.70. The number of hydrogen-bond donors (Lipinski definition) is 0. The second-order valence-electron chi connectivity index (χ2n) is 9.89. The first-order chi connectivity index (χ1) is 20.2. The third kappa shape index (κ3) is 6.71. The number of halogens is 2. The number of benzene rings is 3. The number of ether oxygens (including phenoxy) is 2. The van der Waals surface area contributed by atoms with Crippen LogP contribution in [0.15, 0.2) is 92.7 Å². The highest BCUT2D eigenvalue weighted by molar-refractivity contribution is 14.1. The lowest BCUT2D eigenvalue weighted by molar-refractivity contribution is -0.143. The number of fused-ring (bicyclic) bond motifs is 1. The Morgan fingerprint density at radius 2 is 1.83 bits per heavy atom. The Labute approximate surface area is 279 Å². The Balaban J connectivity index is 1.65. The molecule has 0 aliphatic carbocycles. The van der Waals surface area contributed by atoms with Gasteiger partial charge in [-0.1, -0.05) is 53.8 Å². The number of allylic oxidation sites excluding steroid dienone is 1. The molecular weight excluding hydrogens is 794 g/mol. The van der Waals surface area contributed by atoms with Gasteiger partial charge >= 0.3 is 5.97 Å². The van der Waals surface area contributed by atoms with E-state index >= 15 is 0 Å². The van der Waals surface area contributed by atoms with E-state index in [1.807, 2.05) is 86.8 Å². The van der Waals surface area contributed by atoms with E-state index < -0.39 is 12.0 Å². The Morgan fingerprint density at radius 3 is 2.50 bits per heavy atom. The van der Waals surface area contributed by atoms with Crippen molar-refractivity contribution < 1.29 is 14.3 Å². The largest absolute Gasteiger partial charge is 0.487 e. The van der Waals surface area contributed by atoms with Crippen molar-refractivity contribution in [3.63, 3.8) is 0 Å². The molecule has 216 valence electrons. The van der Waals surface area contributed by atoms with E-state index in [2.05, 4.69) is 51.2 Å². The number of carbonyl (C=O) groups excluding carboxylic acids is 1. The van der Waals surface area contributed by atoms with Crippen molar-refractivity contribution in [3.05, 3.63) is 122 Å². The second kappa shape index (κ2) is 13.5. The van der Waals surface area contributed by atoms with Gasteiger partial charge < -0.3 is 9.47 Å². The van der Waals surface area contributed by atoms with E-state index in [1.54, 1.807) is 23.3 Å². The summed E-state index contributed by atoms with van der Waals surface area (Å²) in [6.45, 7) is 5.83. The van der Waals surface area contributed by atoms with Gasteiger partial charge in [0.05, 0.1) is 31.5 Å². The van der Waals surface area contributed by atoms with Crippen molar-refractivity contribution in [2.24, 2.45) is 4.99 Å². The normalized spacial score (nSPS) is 15.0. The number of nitrogens with zero attached hydrogens (tertiary/aromatic N) is 2. The zero-order valence-corrected chi connectivity index (χ0v) is 29.3. The highest BCUT2D eigenvalue weighted by atomic mass is 127. The van der Waals surface area contributed by atoms with Crippen molar-refractivity contribution in [1.82, 2.24) is 4.57 Å². The van der Waals surface area contributed by atoms with E-state index in [9.17, 15) is 9.59 Å². The molecule has 10 heteroatoms. The van der Waals surface area contributed by atoms with Crippen molar-refractivity contribution in [1.29, 1.82) is 0 Å². The molecule has 1 atom stereocenters. The van der Waals surface area contributed by atoms with Gasteiger partial charge in [0.25, 0.3) is 5.56 Å². The molecule has 4 aromatic rings. The summed E-state index contributed by atoms with van der Waals surface area (Å²) in [7, 11) is 0. The smallest absolute Gasteiger partial charge is 0.338 e. The van der Waals surface area contributed by atoms with Crippen LogP contribution in [-0.4, -0.2) is 22.9 Å². The lowest BCUT2D eigenvalue weighted by atomic mass is 9.96. The van der Waals surface area contributed by atoms with Gasteiger partial charge in [0, 0.05) is 14.0 Å². The maximum Gasteiger partial charge on any atom is 0.338 e. The van der Waals surface area contributed by atoms with E-state index in [4.69, 9.17) is 14.5 Å². The van der Waals surface area contributed by atoms with Gasteiger partial charge in [-0.25, -0.2) is 9.79 Å². The summed E-state index contributed by atoms with van der Waals surface area (Å²) < 4.78 is 16.0. The summed E-state index contributed by atoms with van der Waals surface area (Å²) >= 11 is 7.49. The lowest BCUT2D eigenvalue weighted by Gasteiger charge is -2.25. The zero-order valence-electron chi connectivity index (χ0n) is 23.4. The molecular formula is C32H28I2N2O4S2. The standard InChI is InChI=1S/C32H28I2N2O4S2/c1-18(2)40-31(38)27-19(3)35-32-36(28(27)21-10-12-24(41-4)13-11-21)30(37)26(42-32)15-22-14-23(33)16-25(34)29(22)39-17-20-8-6-5-7-9-20/h5-16,18,28H,17H2,1-4H3/b26-15-/t28-/m1/s1. The molecule has 42 heavy (non-hydrogen) atoms. The van der Waals surface area contributed by atoms with Gasteiger partial charge in [-0.3, -0.25) is 9.36 Å². The highest BCUT2D eigenvalue weighted by Gasteiger charge is 2.33. The number of rotatable bonds is 8. The van der Waals surface area contributed by atoms with Crippen molar-refractivity contribution in [3.8, 4) is 5.75 Å². The molecule has 0 fully saturated rings. The molecule has 0 saturated carbocycles. The molecule has 0 unspecified atom stereocenters. The average molecular weight is 823 g/mol. The molecule has 0 N–H and O–H groups in total. The minimum absolute atomic E-state index is 0.220. The van der Waals surface area contributed by atoms with Gasteiger partial charge in [0.1, 0.15) is 12.4 Å². The Kier molecular flexibility index (Phi) is 9.95. The lowest BCUT2D eigenvalue weighted by Crippen LogP contribution is -2.40. The van der Waals surface area contributed by atoms with Gasteiger partial charge in [-0.05, 0) is 114 Å². The van der Waals surface area contributed by atoms with E-state index in [1.165, 1.54) is 11.3 Å². The molecule has 0 saturated heterocycles. The summed E-state index contributed by atoms with van der Waals surface area (Å²) in [6, 6.07) is 21.3. The number of hydrogen-bond acceptors (Lipinski definition) is 7. The van der Waals surface area contributed by atoms with Gasteiger partial charge in [-0.15, -0.1) is 11.8 Å². The fraction of sp³-hybridized carbons (Fsp3) is 0.219. The van der Waals surface area contributed by atoms with Crippen LogP contribution in [0, 0.1) is 7.14 Å². The molecule has 0 amide bonds. The minimum atomic E-state index is -0.657. The number of carbonyl (C=O) groups is 1. The molecule has 0 bridgehead atoms. The Morgan fingerprint density at radius 1 is 1.12 bits per heavy atom. The molecule has 6 nitrogen and oxygen atoms in total. The fourth-order valence-electron chi connectivity index (χ4n) is 4.67. The first-order valence-electron chi connectivity index (χ1n) is 13.2. The summed E-state index contributed by atoms with van der Waals surface area (Å²) in [4.78, 5) is 33.9. The van der Waals surface area contributed by atoms with E-state index in [0.29, 0.717) is 33.0 Å².